The number of carbonyl (C=O) groups is 3. The van der Waals surface area contributed by atoms with Crippen LogP contribution in [0.1, 0.15) is 86.4 Å². The van der Waals surface area contributed by atoms with E-state index in [1.165, 1.54) is 0 Å². The van der Waals surface area contributed by atoms with Crippen molar-refractivity contribution >= 4 is 17.8 Å². The first-order chi connectivity index (χ1) is 14.0. The summed E-state index contributed by atoms with van der Waals surface area (Å²) in [7, 11) is 0. The summed E-state index contributed by atoms with van der Waals surface area (Å²) in [5, 5.41) is 9.72. The van der Waals surface area contributed by atoms with Crippen LogP contribution < -0.4 is 10.6 Å². The van der Waals surface area contributed by atoms with Crippen LogP contribution in [0, 0.1) is 11.3 Å². The van der Waals surface area contributed by atoms with Crippen molar-refractivity contribution in [3.63, 3.8) is 0 Å². The molecule has 1 aromatic rings. The zero-order chi connectivity index (χ0) is 23.4. The molecule has 0 bridgehead atoms. The fourth-order valence-electron chi connectivity index (χ4n) is 5.02. The van der Waals surface area contributed by atoms with Gasteiger partial charge in [-0.3, -0.25) is 14.5 Å². The van der Waals surface area contributed by atoms with E-state index in [0.717, 1.165) is 11.3 Å². The van der Waals surface area contributed by atoms with Gasteiger partial charge in [-0.05, 0) is 44.4 Å². The van der Waals surface area contributed by atoms with Gasteiger partial charge in [0.1, 0.15) is 12.1 Å². The van der Waals surface area contributed by atoms with Gasteiger partial charge in [-0.2, -0.15) is 4.98 Å². The molecule has 4 amide bonds. The van der Waals surface area contributed by atoms with Crippen LogP contribution >= 0.6 is 0 Å². The summed E-state index contributed by atoms with van der Waals surface area (Å²) in [5.74, 6) is 0.323. The van der Waals surface area contributed by atoms with Gasteiger partial charge >= 0.3 is 6.03 Å². The van der Waals surface area contributed by atoms with Crippen molar-refractivity contribution in [3.8, 4) is 0 Å². The van der Waals surface area contributed by atoms with E-state index in [0.29, 0.717) is 30.5 Å². The molecule has 1 spiro atoms. The third-order valence-corrected chi connectivity index (χ3v) is 6.00. The lowest BCUT2D eigenvalue weighted by Gasteiger charge is -2.43. The van der Waals surface area contributed by atoms with Crippen LogP contribution in [0.2, 0.25) is 0 Å². The summed E-state index contributed by atoms with van der Waals surface area (Å²) in [5.41, 5.74) is -2.24. The summed E-state index contributed by atoms with van der Waals surface area (Å²) < 4.78 is 5.33. The van der Waals surface area contributed by atoms with Crippen molar-refractivity contribution in [2.24, 2.45) is 11.3 Å². The Bertz CT molecular complexity index is 898. The fourth-order valence-corrected chi connectivity index (χ4v) is 5.02. The van der Waals surface area contributed by atoms with Crippen LogP contribution in [-0.2, 0) is 20.5 Å². The van der Waals surface area contributed by atoms with E-state index in [1.54, 1.807) is 13.8 Å². The van der Waals surface area contributed by atoms with Gasteiger partial charge in [0.05, 0.1) is 5.54 Å². The maximum atomic E-state index is 13.2. The summed E-state index contributed by atoms with van der Waals surface area (Å²) in [6.07, 6.45) is 2.15. The first-order valence-electron chi connectivity index (χ1n) is 10.8. The van der Waals surface area contributed by atoms with Crippen molar-refractivity contribution < 1.29 is 18.9 Å². The molecular weight excluding hydrogens is 398 g/mol. The molecule has 3 rings (SSSR count). The normalized spacial score (nSPS) is 26.3. The monoisotopic (exact) mass is 433 g/mol. The molecule has 1 saturated heterocycles. The zero-order valence-corrected chi connectivity index (χ0v) is 19.9. The molecule has 1 saturated carbocycles. The minimum Gasteiger partial charge on any atom is -0.342 e. The SMILES string of the molecule is C[C@H]1CC(C)(C)C[C@]2(C1)NC(=O)N(CC(=O)NC(C)(C)c1noc(C(C)(C)C)n1)C2=O. The standard InChI is InChI=1S/C22H35N5O4/c1-13-9-20(5,6)12-22(10-13)17(29)27(18(30)25-22)11-14(28)24-21(7,8)15-23-16(31-26-15)19(2,3)4/h13H,9-12H2,1-8H3,(H,24,28)(H,25,30)/t13-,22-/m0/s1. The van der Waals surface area contributed by atoms with E-state index >= 15 is 0 Å². The van der Waals surface area contributed by atoms with E-state index in [2.05, 4.69) is 41.5 Å². The lowest BCUT2D eigenvalue weighted by atomic mass is 9.64. The number of nitrogens with zero attached hydrogens (tertiary/aromatic N) is 3. The molecule has 31 heavy (non-hydrogen) atoms. The molecule has 2 aliphatic rings. The van der Waals surface area contributed by atoms with Gasteiger partial charge in [0.15, 0.2) is 5.82 Å². The number of hydrogen-bond donors (Lipinski definition) is 2. The lowest BCUT2D eigenvalue weighted by molar-refractivity contribution is -0.138. The number of hydrogen-bond acceptors (Lipinski definition) is 6. The quantitative estimate of drug-likeness (QED) is 0.705. The number of imide groups is 1. The minimum absolute atomic E-state index is 0.0652. The molecule has 172 valence electrons. The van der Waals surface area contributed by atoms with Crippen molar-refractivity contribution in [2.45, 2.75) is 91.1 Å². The van der Waals surface area contributed by atoms with Gasteiger partial charge in [-0.15, -0.1) is 0 Å². The fraction of sp³-hybridized carbons (Fsp3) is 0.773. The maximum Gasteiger partial charge on any atom is 0.325 e. The van der Waals surface area contributed by atoms with E-state index < -0.39 is 23.0 Å². The van der Waals surface area contributed by atoms with E-state index in [-0.39, 0.29) is 23.3 Å². The van der Waals surface area contributed by atoms with E-state index in [9.17, 15) is 14.4 Å². The van der Waals surface area contributed by atoms with Crippen LogP contribution in [-0.4, -0.2) is 45.0 Å². The Morgan fingerprint density at radius 2 is 1.87 bits per heavy atom. The summed E-state index contributed by atoms with van der Waals surface area (Å²) in [6.45, 7) is 15.3. The van der Waals surface area contributed by atoms with Crippen LogP contribution in [0.15, 0.2) is 4.52 Å². The first-order valence-corrected chi connectivity index (χ1v) is 10.8. The summed E-state index contributed by atoms with van der Waals surface area (Å²) in [6, 6.07) is -0.516. The molecule has 9 heteroatoms. The van der Waals surface area contributed by atoms with Crippen molar-refractivity contribution in [2.75, 3.05) is 6.54 Å². The molecule has 0 unspecified atom stereocenters. The van der Waals surface area contributed by atoms with Crippen molar-refractivity contribution in [3.05, 3.63) is 11.7 Å². The second-order valence-corrected chi connectivity index (χ2v) is 11.6. The highest BCUT2D eigenvalue weighted by Crippen LogP contribution is 2.46. The largest absolute Gasteiger partial charge is 0.342 e. The van der Waals surface area contributed by atoms with Crippen LogP contribution in [0.25, 0.3) is 0 Å². The Morgan fingerprint density at radius 3 is 2.42 bits per heavy atom. The Balaban J connectivity index is 1.71. The third-order valence-electron chi connectivity index (χ3n) is 6.00. The second-order valence-electron chi connectivity index (χ2n) is 11.6. The summed E-state index contributed by atoms with van der Waals surface area (Å²) in [4.78, 5) is 44.1. The Hall–Kier alpha value is -2.45. The first kappa shape index (κ1) is 23.2. The molecule has 2 atom stereocenters. The number of aromatic nitrogens is 2. The Labute approximate surface area is 183 Å². The minimum atomic E-state index is -0.928. The highest BCUT2D eigenvalue weighted by atomic mass is 16.5. The molecule has 9 nitrogen and oxygen atoms in total. The number of urea groups is 1. The Morgan fingerprint density at radius 1 is 1.23 bits per heavy atom. The molecule has 1 aliphatic heterocycles. The average Bonchev–Trinajstić information content (AvgIpc) is 3.14. The van der Waals surface area contributed by atoms with Crippen molar-refractivity contribution in [1.29, 1.82) is 0 Å². The van der Waals surface area contributed by atoms with Gasteiger partial charge in [0, 0.05) is 5.41 Å². The number of rotatable bonds is 4. The molecular formula is C22H35N5O4. The average molecular weight is 434 g/mol. The molecule has 2 N–H and O–H groups in total. The third kappa shape index (κ3) is 4.60. The lowest BCUT2D eigenvalue weighted by Crippen LogP contribution is -2.54. The molecule has 0 radical (unpaired) electrons. The molecule has 1 aliphatic carbocycles. The molecule has 0 aromatic carbocycles. The van der Waals surface area contributed by atoms with Gasteiger partial charge in [0.25, 0.3) is 5.91 Å². The molecule has 2 fully saturated rings. The highest BCUT2D eigenvalue weighted by molar-refractivity contribution is 6.09. The van der Waals surface area contributed by atoms with Gasteiger partial charge in [-0.25, -0.2) is 4.79 Å². The van der Waals surface area contributed by atoms with Crippen molar-refractivity contribution in [1.82, 2.24) is 25.7 Å². The summed E-state index contributed by atoms with van der Waals surface area (Å²) >= 11 is 0. The van der Waals surface area contributed by atoms with Gasteiger partial charge in [0.2, 0.25) is 11.8 Å². The van der Waals surface area contributed by atoms with Gasteiger partial charge in [-0.1, -0.05) is 46.7 Å². The maximum absolute atomic E-state index is 13.2. The molecule has 2 heterocycles. The van der Waals surface area contributed by atoms with E-state index in [1.807, 2.05) is 20.8 Å². The van der Waals surface area contributed by atoms with Crippen LogP contribution in [0.4, 0.5) is 4.79 Å². The molecule has 1 aromatic heterocycles. The van der Waals surface area contributed by atoms with Crippen LogP contribution in [0.5, 0.6) is 0 Å². The number of amides is 4. The topological polar surface area (TPSA) is 117 Å². The number of carbonyl (C=O) groups excluding carboxylic acids is 3. The van der Waals surface area contributed by atoms with E-state index in [4.69, 9.17) is 4.52 Å². The highest BCUT2D eigenvalue weighted by Gasteiger charge is 2.56. The van der Waals surface area contributed by atoms with Crippen LogP contribution in [0.3, 0.4) is 0 Å². The Kier molecular flexibility index (Phi) is 5.47. The number of nitrogens with one attached hydrogen (secondary N) is 2. The van der Waals surface area contributed by atoms with Gasteiger partial charge < -0.3 is 15.2 Å². The smallest absolute Gasteiger partial charge is 0.325 e. The second kappa shape index (κ2) is 7.31. The predicted octanol–water partition coefficient (Wildman–Crippen LogP) is 2.86. The predicted molar refractivity (Wildman–Crippen MR) is 114 cm³/mol. The zero-order valence-electron chi connectivity index (χ0n) is 19.9.